The standard InChI is InChI=1S/C23H25F3N4O.C4H10O/c24-23(25,26)22-15-21(6-3-19(22)16-27)28-9-7-18(8-10-28)17-1-4-20(5-2-17)29-11-13-30(31)14-12-29;1-4(2,3)5/h1-6,15,18,31H,7-14H2;5H,1-3H3. The second kappa shape index (κ2) is 11.5. The number of aliphatic hydroxyl groups is 1. The highest BCUT2D eigenvalue weighted by molar-refractivity contribution is 5.55. The predicted octanol–water partition coefficient (Wildman–Crippen LogP) is 5.25. The summed E-state index contributed by atoms with van der Waals surface area (Å²) in [5.41, 5.74) is 1.20. The van der Waals surface area contributed by atoms with Crippen LogP contribution in [0, 0.1) is 11.3 Å². The molecule has 2 fully saturated rings. The summed E-state index contributed by atoms with van der Waals surface area (Å²) in [7, 11) is 0. The molecular weight excluding hydrogens is 469 g/mol. The Kier molecular flexibility index (Phi) is 8.88. The van der Waals surface area contributed by atoms with Gasteiger partial charge in [0.2, 0.25) is 0 Å². The van der Waals surface area contributed by atoms with Gasteiger partial charge in [0.1, 0.15) is 0 Å². The van der Waals surface area contributed by atoms with E-state index in [0.717, 1.165) is 37.7 Å². The fourth-order valence-electron chi connectivity index (χ4n) is 4.44. The van der Waals surface area contributed by atoms with Crippen LogP contribution in [0.15, 0.2) is 42.5 Å². The summed E-state index contributed by atoms with van der Waals surface area (Å²) < 4.78 is 39.8. The third-order valence-corrected chi connectivity index (χ3v) is 6.27. The summed E-state index contributed by atoms with van der Waals surface area (Å²) in [6, 6.07) is 14.1. The van der Waals surface area contributed by atoms with Crippen LogP contribution in [0.2, 0.25) is 0 Å². The van der Waals surface area contributed by atoms with Crippen LogP contribution in [-0.2, 0) is 6.18 Å². The summed E-state index contributed by atoms with van der Waals surface area (Å²) in [6.45, 7) is 9.42. The minimum absolute atomic E-state index is 0.341. The fourth-order valence-corrected chi connectivity index (χ4v) is 4.44. The Hall–Kier alpha value is -2.80. The van der Waals surface area contributed by atoms with Crippen LogP contribution < -0.4 is 9.80 Å². The van der Waals surface area contributed by atoms with Crippen molar-refractivity contribution in [3.05, 3.63) is 59.2 Å². The molecule has 2 saturated heterocycles. The normalized spacial score (nSPS) is 17.9. The zero-order chi connectivity index (χ0) is 26.5. The number of benzene rings is 2. The molecule has 0 aromatic heterocycles. The Morgan fingerprint density at radius 2 is 1.33 bits per heavy atom. The molecule has 2 aromatic carbocycles. The molecule has 4 rings (SSSR count). The first-order valence-corrected chi connectivity index (χ1v) is 12.2. The van der Waals surface area contributed by atoms with E-state index in [1.807, 2.05) is 4.90 Å². The molecule has 2 aromatic rings. The van der Waals surface area contributed by atoms with Gasteiger partial charge in [0, 0.05) is 50.6 Å². The van der Waals surface area contributed by atoms with Gasteiger partial charge in [-0.1, -0.05) is 12.1 Å². The molecule has 0 unspecified atom stereocenters. The first-order chi connectivity index (χ1) is 16.8. The van der Waals surface area contributed by atoms with Crippen LogP contribution in [-0.4, -0.2) is 60.2 Å². The van der Waals surface area contributed by atoms with E-state index in [9.17, 15) is 18.4 Å². The van der Waals surface area contributed by atoms with Gasteiger partial charge in [0.15, 0.2) is 0 Å². The van der Waals surface area contributed by atoms with Gasteiger partial charge >= 0.3 is 6.18 Å². The monoisotopic (exact) mass is 504 g/mol. The number of piperazine rings is 1. The molecule has 0 radical (unpaired) electrons. The van der Waals surface area contributed by atoms with Gasteiger partial charge in [0.25, 0.3) is 0 Å². The van der Waals surface area contributed by atoms with Gasteiger partial charge in [-0.15, -0.1) is 0 Å². The van der Waals surface area contributed by atoms with Crippen LogP contribution in [0.3, 0.4) is 0 Å². The maximum absolute atomic E-state index is 13.3. The van der Waals surface area contributed by atoms with Gasteiger partial charge in [0.05, 0.1) is 22.8 Å². The molecule has 0 saturated carbocycles. The second-order valence-electron chi connectivity index (χ2n) is 10.3. The van der Waals surface area contributed by atoms with Gasteiger partial charge in [-0.2, -0.15) is 23.5 Å². The zero-order valence-corrected chi connectivity index (χ0v) is 21.1. The molecule has 0 spiro atoms. The average molecular weight is 505 g/mol. The summed E-state index contributed by atoms with van der Waals surface area (Å²) in [5.74, 6) is 0.375. The van der Waals surface area contributed by atoms with Gasteiger partial charge in [-0.25, -0.2) is 0 Å². The lowest BCUT2D eigenvalue weighted by Gasteiger charge is -2.35. The number of anilines is 2. The molecule has 36 heavy (non-hydrogen) atoms. The third-order valence-electron chi connectivity index (χ3n) is 6.27. The maximum atomic E-state index is 13.3. The van der Waals surface area contributed by atoms with Gasteiger partial charge in [-0.05, 0) is 75.4 Å². The van der Waals surface area contributed by atoms with Crippen molar-refractivity contribution in [2.24, 2.45) is 0 Å². The number of halogens is 3. The summed E-state index contributed by atoms with van der Waals surface area (Å²) in [5, 5.41) is 28.3. The second-order valence-corrected chi connectivity index (χ2v) is 10.3. The molecule has 0 amide bonds. The number of hydrogen-bond acceptors (Lipinski definition) is 6. The summed E-state index contributed by atoms with van der Waals surface area (Å²) >= 11 is 0. The molecule has 2 heterocycles. The highest BCUT2D eigenvalue weighted by atomic mass is 19.4. The van der Waals surface area contributed by atoms with E-state index < -0.39 is 17.3 Å². The van der Waals surface area contributed by atoms with Crippen molar-refractivity contribution < 1.29 is 23.5 Å². The lowest BCUT2D eigenvalue weighted by molar-refractivity contribution is -0.137. The number of nitrogens with zero attached hydrogens (tertiary/aromatic N) is 4. The zero-order valence-electron chi connectivity index (χ0n) is 21.1. The molecule has 0 atom stereocenters. The van der Waals surface area contributed by atoms with Crippen molar-refractivity contribution in [1.29, 1.82) is 5.26 Å². The SMILES string of the molecule is CC(C)(C)O.N#Cc1ccc(N2CCC(c3ccc(N4CCN(O)CC4)cc3)CC2)cc1C(F)(F)F. The minimum atomic E-state index is -4.54. The van der Waals surface area contributed by atoms with Crippen LogP contribution in [0.4, 0.5) is 24.5 Å². The predicted molar refractivity (Wildman–Crippen MR) is 134 cm³/mol. The number of piperidine rings is 1. The molecule has 0 bridgehead atoms. The van der Waals surface area contributed by atoms with E-state index in [1.165, 1.54) is 16.7 Å². The number of alkyl halides is 3. The molecule has 2 aliphatic rings. The van der Waals surface area contributed by atoms with E-state index >= 15 is 0 Å². The number of nitriles is 1. The van der Waals surface area contributed by atoms with E-state index in [1.54, 1.807) is 32.9 Å². The van der Waals surface area contributed by atoms with Crippen molar-refractivity contribution in [1.82, 2.24) is 5.06 Å². The summed E-state index contributed by atoms with van der Waals surface area (Å²) in [4.78, 5) is 4.22. The lowest BCUT2D eigenvalue weighted by atomic mass is 9.89. The first kappa shape index (κ1) is 27.8. The highest BCUT2D eigenvalue weighted by Crippen LogP contribution is 2.36. The van der Waals surface area contributed by atoms with Crippen LogP contribution in [0.1, 0.15) is 56.2 Å². The number of rotatable bonds is 3. The van der Waals surface area contributed by atoms with E-state index in [2.05, 4.69) is 29.2 Å². The molecule has 6 nitrogen and oxygen atoms in total. The highest BCUT2D eigenvalue weighted by Gasteiger charge is 2.34. The van der Waals surface area contributed by atoms with Crippen LogP contribution >= 0.6 is 0 Å². The molecule has 9 heteroatoms. The average Bonchev–Trinajstić information content (AvgIpc) is 2.83. The van der Waals surface area contributed by atoms with Crippen molar-refractivity contribution >= 4 is 11.4 Å². The van der Waals surface area contributed by atoms with E-state index in [0.29, 0.717) is 37.8 Å². The van der Waals surface area contributed by atoms with E-state index in [4.69, 9.17) is 10.4 Å². The molecule has 196 valence electrons. The van der Waals surface area contributed by atoms with Crippen LogP contribution in [0.25, 0.3) is 0 Å². The molecular formula is C27H35F3N4O2. The van der Waals surface area contributed by atoms with Crippen LogP contribution in [0.5, 0.6) is 0 Å². The minimum Gasteiger partial charge on any atom is -0.391 e. The summed E-state index contributed by atoms with van der Waals surface area (Å²) in [6.07, 6.45) is -2.81. The van der Waals surface area contributed by atoms with Crippen molar-refractivity contribution in [3.63, 3.8) is 0 Å². The van der Waals surface area contributed by atoms with Crippen molar-refractivity contribution in [2.75, 3.05) is 49.1 Å². The Balaban J connectivity index is 0.000000658. The smallest absolute Gasteiger partial charge is 0.391 e. The Morgan fingerprint density at radius 3 is 1.83 bits per heavy atom. The van der Waals surface area contributed by atoms with Crippen molar-refractivity contribution in [2.45, 2.75) is 51.3 Å². The van der Waals surface area contributed by atoms with Crippen molar-refractivity contribution in [3.8, 4) is 6.07 Å². The largest absolute Gasteiger partial charge is 0.417 e. The van der Waals surface area contributed by atoms with E-state index in [-0.39, 0.29) is 5.56 Å². The number of hydrogen-bond donors (Lipinski definition) is 2. The Bertz CT molecular complexity index is 1020. The fraction of sp³-hybridized carbons (Fsp3) is 0.519. The molecule has 0 aliphatic carbocycles. The quantitative estimate of drug-likeness (QED) is 0.595. The number of hydroxylamine groups is 2. The third kappa shape index (κ3) is 7.85. The first-order valence-electron chi connectivity index (χ1n) is 12.2. The Labute approximate surface area is 211 Å². The lowest BCUT2D eigenvalue weighted by Crippen LogP contribution is -2.44. The van der Waals surface area contributed by atoms with Gasteiger partial charge in [-0.3, -0.25) is 0 Å². The topological polar surface area (TPSA) is 74.0 Å². The molecule has 2 N–H and O–H groups in total. The molecule has 2 aliphatic heterocycles. The van der Waals surface area contributed by atoms with Gasteiger partial charge < -0.3 is 20.1 Å². The maximum Gasteiger partial charge on any atom is 0.417 e. The Morgan fingerprint density at radius 1 is 0.833 bits per heavy atom.